The van der Waals surface area contributed by atoms with Crippen LogP contribution in [0.5, 0.6) is 0 Å². The molecule has 0 radical (unpaired) electrons. The van der Waals surface area contributed by atoms with Crippen LogP contribution in [0.4, 0.5) is 0 Å². The molecule has 0 saturated heterocycles. The number of rotatable bonds is 4. The first kappa shape index (κ1) is 12.7. The third kappa shape index (κ3) is 3.12. The van der Waals surface area contributed by atoms with Gasteiger partial charge in [-0.2, -0.15) is 5.10 Å². The van der Waals surface area contributed by atoms with Crippen LogP contribution in [0.2, 0.25) is 0 Å². The number of aromatic nitrogens is 2. The predicted molar refractivity (Wildman–Crippen MR) is 75.0 cm³/mol. The highest BCUT2D eigenvalue weighted by Crippen LogP contribution is 2.29. The molecule has 0 spiro atoms. The molecule has 0 bridgehead atoms. The highest BCUT2D eigenvalue weighted by atomic mass is 79.9. The molecule has 17 heavy (non-hydrogen) atoms. The first-order valence-electron chi connectivity index (χ1n) is 5.29. The lowest BCUT2D eigenvalue weighted by Crippen LogP contribution is -2.16. The Hall–Kier alpha value is -0.780. The molecule has 5 heteroatoms. The van der Waals surface area contributed by atoms with Crippen LogP contribution in [0, 0.1) is 0 Å². The van der Waals surface area contributed by atoms with Crippen LogP contribution in [0.15, 0.2) is 45.9 Å². The van der Waals surface area contributed by atoms with E-state index >= 15 is 0 Å². The summed E-state index contributed by atoms with van der Waals surface area (Å²) in [6.45, 7) is 0. The smallest absolute Gasteiger partial charge is 0.0562 e. The Kier molecular flexibility index (Phi) is 4.25. The summed E-state index contributed by atoms with van der Waals surface area (Å²) in [4.78, 5) is 1.21. The lowest BCUT2D eigenvalue weighted by Gasteiger charge is -2.12. The van der Waals surface area contributed by atoms with Gasteiger partial charge in [0, 0.05) is 28.4 Å². The van der Waals surface area contributed by atoms with E-state index in [4.69, 9.17) is 5.73 Å². The molecule has 1 atom stereocenters. The van der Waals surface area contributed by atoms with Crippen molar-refractivity contribution in [3.05, 3.63) is 46.7 Å². The topological polar surface area (TPSA) is 43.8 Å². The summed E-state index contributed by atoms with van der Waals surface area (Å²) < 4.78 is 2.94. The van der Waals surface area contributed by atoms with Crippen molar-refractivity contribution in [3.63, 3.8) is 0 Å². The Morgan fingerprint density at radius 2 is 2.18 bits per heavy atom. The van der Waals surface area contributed by atoms with Crippen LogP contribution in [0.25, 0.3) is 0 Å². The molecule has 0 aliphatic carbocycles. The van der Waals surface area contributed by atoms with Gasteiger partial charge in [-0.3, -0.25) is 4.68 Å². The Morgan fingerprint density at radius 3 is 2.82 bits per heavy atom. The average Bonchev–Trinajstić information content (AvgIpc) is 2.74. The molecule has 0 saturated carbocycles. The van der Waals surface area contributed by atoms with Crippen molar-refractivity contribution in [1.82, 2.24) is 9.78 Å². The van der Waals surface area contributed by atoms with Gasteiger partial charge >= 0.3 is 0 Å². The van der Waals surface area contributed by atoms with Crippen LogP contribution in [0.3, 0.4) is 0 Å². The van der Waals surface area contributed by atoms with Crippen molar-refractivity contribution in [1.29, 1.82) is 0 Å². The van der Waals surface area contributed by atoms with Gasteiger partial charge in [-0.05, 0) is 34.1 Å². The molecule has 0 amide bonds. The van der Waals surface area contributed by atoms with Crippen molar-refractivity contribution >= 4 is 27.7 Å². The van der Waals surface area contributed by atoms with Gasteiger partial charge < -0.3 is 5.73 Å². The van der Waals surface area contributed by atoms with E-state index in [-0.39, 0.29) is 6.04 Å². The molecule has 2 N–H and O–H groups in total. The van der Waals surface area contributed by atoms with Crippen LogP contribution in [0.1, 0.15) is 11.7 Å². The first-order valence-corrected chi connectivity index (χ1v) is 7.07. The summed E-state index contributed by atoms with van der Waals surface area (Å²) in [6, 6.07) is 10.1. The fourth-order valence-corrected chi connectivity index (χ4v) is 3.11. The molecule has 0 aliphatic rings. The molecule has 1 aromatic carbocycles. The minimum absolute atomic E-state index is 0.000365. The largest absolute Gasteiger partial charge is 0.322 e. The third-order valence-corrected chi connectivity index (χ3v) is 4.64. The molecule has 3 nitrogen and oxygen atoms in total. The third-order valence-electron chi connectivity index (χ3n) is 2.49. The zero-order valence-corrected chi connectivity index (χ0v) is 11.9. The Balaban J connectivity index is 2.00. The van der Waals surface area contributed by atoms with E-state index in [1.54, 1.807) is 18.0 Å². The zero-order valence-electron chi connectivity index (χ0n) is 9.51. The second-order valence-electron chi connectivity index (χ2n) is 3.73. The van der Waals surface area contributed by atoms with Crippen LogP contribution < -0.4 is 5.73 Å². The number of halogens is 1. The molecule has 0 aliphatic heterocycles. The fourth-order valence-electron chi connectivity index (χ4n) is 1.57. The van der Waals surface area contributed by atoms with Gasteiger partial charge in [-0.25, -0.2) is 0 Å². The number of hydrogen-bond donors (Lipinski definition) is 1. The first-order chi connectivity index (χ1) is 8.18. The van der Waals surface area contributed by atoms with E-state index in [1.807, 2.05) is 36.0 Å². The Labute approximate surface area is 114 Å². The van der Waals surface area contributed by atoms with Gasteiger partial charge in [0.15, 0.2) is 0 Å². The molecular formula is C12H14BrN3S. The van der Waals surface area contributed by atoms with Crippen LogP contribution in [-0.2, 0) is 7.05 Å². The minimum Gasteiger partial charge on any atom is -0.322 e. The molecule has 90 valence electrons. The SMILES string of the molecule is Cn1nccc1C(N)CSc1ccccc1Br. The maximum absolute atomic E-state index is 6.14. The molecule has 0 fully saturated rings. The summed E-state index contributed by atoms with van der Waals surface area (Å²) in [5.74, 6) is 0.835. The normalized spacial score (nSPS) is 12.6. The van der Waals surface area contributed by atoms with Gasteiger partial charge in [-0.1, -0.05) is 12.1 Å². The van der Waals surface area contributed by atoms with Gasteiger partial charge in [0.05, 0.1) is 11.7 Å². The molecule has 1 aromatic heterocycles. The van der Waals surface area contributed by atoms with Crippen molar-refractivity contribution in [2.45, 2.75) is 10.9 Å². The van der Waals surface area contributed by atoms with Crippen LogP contribution in [-0.4, -0.2) is 15.5 Å². The number of benzene rings is 1. The quantitative estimate of drug-likeness (QED) is 0.883. The van der Waals surface area contributed by atoms with Gasteiger partial charge in [0.1, 0.15) is 0 Å². The molecule has 1 heterocycles. The van der Waals surface area contributed by atoms with Crippen molar-refractivity contribution in [2.75, 3.05) is 5.75 Å². The van der Waals surface area contributed by atoms with E-state index in [0.717, 1.165) is 15.9 Å². The second-order valence-corrected chi connectivity index (χ2v) is 5.64. The monoisotopic (exact) mass is 311 g/mol. The lowest BCUT2D eigenvalue weighted by atomic mass is 10.2. The summed E-state index contributed by atoms with van der Waals surface area (Å²) in [7, 11) is 1.91. The Bertz CT molecular complexity index is 498. The number of aryl methyl sites for hydroxylation is 1. The van der Waals surface area contributed by atoms with Gasteiger partial charge in [0.25, 0.3) is 0 Å². The van der Waals surface area contributed by atoms with Crippen molar-refractivity contribution in [3.8, 4) is 0 Å². The standard InChI is InChI=1S/C12H14BrN3S/c1-16-11(6-7-15-16)10(14)8-17-12-5-3-2-4-9(12)13/h2-7,10H,8,14H2,1H3. The molecule has 2 aromatic rings. The summed E-state index contributed by atoms with van der Waals surface area (Å²) in [5.41, 5.74) is 7.20. The predicted octanol–water partition coefficient (Wildman–Crippen LogP) is 2.97. The van der Waals surface area contributed by atoms with Gasteiger partial charge in [0.2, 0.25) is 0 Å². The highest BCUT2D eigenvalue weighted by Gasteiger charge is 2.11. The summed E-state index contributed by atoms with van der Waals surface area (Å²) in [5, 5.41) is 4.13. The van der Waals surface area contributed by atoms with E-state index in [1.165, 1.54) is 4.90 Å². The van der Waals surface area contributed by atoms with E-state index < -0.39 is 0 Å². The molecule has 2 rings (SSSR count). The summed E-state index contributed by atoms with van der Waals surface area (Å²) in [6.07, 6.45) is 1.78. The average molecular weight is 312 g/mol. The second kappa shape index (κ2) is 5.71. The van der Waals surface area contributed by atoms with E-state index in [0.29, 0.717) is 0 Å². The van der Waals surface area contributed by atoms with E-state index in [9.17, 15) is 0 Å². The molecular weight excluding hydrogens is 298 g/mol. The minimum atomic E-state index is -0.000365. The maximum Gasteiger partial charge on any atom is 0.0562 e. The highest BCUT2D eigenvalue weighted by molar-refractivity contribution is 9.10. The molecule has 1 unspecified atom stereocenters. The van der Waals surface area contributed by atoms with E-state index in [2.05, 4.69) is 27.1 Å². The lowest BCUT2D eigenvalue weighted by molar-refractivity contribution is 0.659. The Morgan fingerprint density at radius 1 is 1.41 bits per heavy atom. The summed E-state index contributed by atoms with van der Waals surface area (Å²) >= 11 is 5.28. The fraction of sp³-hybridized carbons (Fsp3) is 0.250. The van der Waals surface area contributed by atoms with Crippen LogP contribution >= 0.6 is 27.7 Å². The zero-order chi connectivity index (χ0) is 12.3. The van der Waals surface area contributed by atoms with Crippen molar-refractivity contribution in [2.24, 2.45) is 12.8 Å². The van der Waals surface area contributed by atoms with Gasteiger partial charge in [-0.15, -0.1) is 11.8 Å². The number of thioether (sulfide) groups is 1. The number of nitrogens with two attached hydrogens (primary N) is 1. The number of nitrogens with zero attached hydrogens (tertiary/aromatic N) is 2. The maximum atomic E-state index is 6.14. The van der Waals surface area contributed by atoms with Crippen molar-refractivity contribution < 1.29 is 0 Å². The number of hydrogen-bond acceptors (Lipinski definition) is 3.